The third-order valence-electron chi connectivity index (χ3n) is 5.76. The van der Waals surface area contributed by atoms with Gasteiger partial charge in [0.05, 0.1) is 10.5 Å². The molecule has 0 aliphatic rings. The second-order valence-corrected chi connectivity index (χ2v) is 8.60. The summed E-state index contributed by atoms with van der Waals surface area (Å²) in [5.74, 6) is -0.202. The Morgan fingerprint density at radius 3 is 1.88 bits per heavy atom. The molecule has 0 atom stereocenters. The molecule has 1 aromatic carbocycles. The second-order valence-electron chi connectivity index (χ2n) is 8.60. The summed E-state index contributed by atoms with van der Waals surface area (Å²) in [4.78, 5) is 22.4. The molecular weight excluding hydrogens is 402 g/mol. The Balaban J connectivity index is 1.91. The first-order valence-electron chi connectivity index (χ1n) is 12.7. The van der Waals surface area contributed by atoms with E-state index >= 15 is 0 Å². The predicted octanol–water partition coefficient (Wildman–Crippen LogP) is 8.41. The van der Waals surface area contributed by atoms with Gasteiger partial charge in [-0.25, -0.2) is 0 Å². The Morgan fingerprint density at radius 2 is 1.34 bits per heavy atom. The fraction of sp³-hybridized carbons (Fsp3) is 0.667. The van der Waals surface area contributed by atoms with Crippen LogP contribution in [0.1, 0.15) is 115 Å². The van der Waals surface area contributed by atoms with E-state index in [4.69, 9.17) is 4.74 Å². The summed E-state index contributed by atoms with van der Waals surface area (Å²) in [6.45, 7) is 2.41. The summed E-state index contributed by atoms with van der Waals surface area (Å²) in [7, 11) is 0. The van der Waals surface area contributed by atoms with Crippen LogP contribution >= 0.6 is 0 Å². The number of esters is 1. The lowest BCUT2D eigenvalue weighted by Gasteiger charge is -2.04. The standard InChI is InChI=1S/C27H43NO4/c1-2-3-4-5-6-7-8-9-10-11-12-13-14-15-16-23-27(29)32-24-19-21-25-20-17-18-22-26(25)28(30)31/h17-22H,2-16,23-24H2,1H3/b21-19+. The molecular formula is C27H43NO4. The summed E-state index contributed by atoms with van der Waals surface area (Å²) in [6.07, 6.45) is 23.2. The maximum atomic E-state index is 11.8. The molecule has 0 amide bonds. The van der Waals surface area contributed by atoms with Gasteiger partial charge in [0.1, 0.15) is 6.61 Å². The summed E-state index contributed by atoms with van der Waals surface area (Å²) < 4.78 is 5.19. The maximum Gasteiger partial charge on any atom is 0.306 e. The number of ether oxygens (including phenoxy) is 1. The zero-order chi connectivity index (χ0) is 23.3. The molecule has 0 N–H and O–H groups in total. The molecule has 0 aliphatic carbocycles. The van der Waals surface area contributed by atoms with Crippen LogP contribution in [0.15, 0.2) is 30.3 Å². The second kappa shape index (κ2) is 19.5. The molecule has 0 spiro atoms. The quantitative estimate of drug-likeness (QED) is 0.0874. The van der Waals surface area contributed by atoms with E-state index in [0.717, 1.165) is 12.8 Å². The molecule has 0 unspecified atom stereocenters. The van der Waals surface area contributed by atoms with Gasteiger partial charge in [0, 0.05) is 12.5 Å². The van der Waals surface area contributed by atoms with E-state index in [1.165, 1.54) is 89.5 Å². The molecule has 0 aliphatic heterocycles. The minimum Gasteiger partial charge on any atom is -0.461 e. The monoisotopic (exact) mass is 445 g/mol. The van der Waals surface area contributed by atoms with Crippen LogP contribution in [-0.4, -0.2) is 17.5 Å². The number of hydrogen-bond acceptors (Lipinski definition) is 4. The van der Waals surface area contributed by atoms with Crippen LogP contribution in [-0.2, 0) is 9.53 Å². The summed E-state index contributed by atoms with van der Waals surface area (Å²) in [5.41, 5.74) is 0.559. The highest BCUT2D eigenvalue weighted by Gasteiger charge is 2.09. The first-order chi connectivity index (χ1) is 15.6. The van der Waals surface area contributed by atoms with E-state index in [9.17, 15) is 14.9 Å². The zero-order valence-electron chi connectivity index (χ0n) is 20.1. The van der Waals surface area contributed by atoms with Crippen molar-refractivity contribution in [1.29, 1.82) is 0 Å². The van der Waals surface area contributed by atoms with Crippen LogP contribution in [0.4, 0.5) is 5.69 Å². The smallest absolute Gasteiger partial charge is 0.306 e. The number of benzene rings is 1. The lowest BCUT2D eigenvalue weighted by molar-refractivity contribution is -0.385. The van der Waals surface area contributed by atoms with E-state index in [-0.39, 0.29) is 18.3 Å². The number of nitrogens with zero attached hydrogens (tertiary/aromatic N) is 1. The molecule has 0 aromatic heterocycles. The molecule has 5 nitrogen and oxygen atoms in total. The SMILES string of the molecule is CCCCCCCCCCCCCCCCCC(=O)OC/C=C/c1ccccc1[N+](=O)[O-]. The van der Waals surface area contributed by atoms with E-state index in [2.05, 4.69) is 6.92 Å². The van der Waals surface area contributed by atoms with Gasteiger partial charge in [0.25, 0.3) is 5.69 Å². The topological polar surface area (TPSA) is 69.4 Å². The van der Waals surface area contributed by atoms with Gasteiger partial charge in [-0.15, -0.1) is 0 Å². The fourth-order valence-electron chi connectivity index (χ4n) is 3.82. The van der Waals surface area contributed by atoms with E-state index in [1.807, 2.05) is 0 Å². The molecule has 0 saturated heterocycles. The maximum absolute atomic E-state index is 11.8. The molecule has 0 bridgehead atoms. The third kappa shape index (κ3) is 14.8. The molecule has 0 radical (unpaired) electrons. The van der Waals surface area contributed by atoms with Crippen LogP contribution in [0.5, 0.6) is 0 Å². The van der Waals surface area contributed by atoms with Crippen LogP contribution in [0.25, 0.3) is 6.08 Å². The molecule has 1 rings (SSSR count). The molecule has 180 valence electrons. The van der Waals surface area contributed by atoms with Crippen molar-refractivity contribution in [2.75, 3.05) is 6.61 Å². The average Bonchev–Trinajstić information content (AvgIpc) is 2.79. The average molecular weight is 446 g/mol. The van der Waals surface area contributed by atoms with Crippen molar-refractivity contribution < 1.29 is 14.5 Å². The van der Waals surface area contributed by atoms with Gasteiger partial charge in [-0.3, -0.25) is 14.9 Å². The largest absolute Gasteiger partial charge is 0.461 e. The van der Waals surface area contributed by atoms with Crippen molar-refractivity contribution in [3.8, 4) is 0 Å². The van der Waals surface area contributed by atoms with Gasteiger partial charge in [0.15, 0.2) is 0 Å². The molecule has 32 heavy (non-hydrogen) atoms. The Bertz CT molecular complexity index is 657. The number of para-hydroxylation sites is 1. The van der Waals surface area contributed by atoms with Gasteiger partial charge >= 0.3 is 5.97 Å². The first kappa shape index (κ1) is 27.9. The van der Waals surface area contributed by atoms with E-state index < -0.39 is 4.92 Å². The van der Waals surface area contributed by atoms with Crippen LogP contribution in [0.2, 0.25) is 0 Å². The fourth-order valence-corrected chi connectivity index (χ4v) is 3.82. The Morgan fingerprint density at radius 1 is 0.844 bits per heavy atom. The van der Waals surface area contributed by atoms with Gasteiger partial charge in [-0.2, -0.15) is 0 Å². The van der Waals surface area contributed by atoms with Crippen LogP contribution in [0, 0.1) is 10.1 Å². The van der Waals surface area contributed by atoms with Gasteiger partial charge < -0.3 is 4.74 Å². The summed E-state index contributed by atoms with van der Waals surface area (Å²) >= 11 is 0. The molecule has 0 saturated carbocycles. The van der Waals surface area contributed by atoms with Crippen LogP contribution in [0.3, 0.4) is 0 Å². The minimum atomic E-state index is -0.415. The van der Waals surface area contributed by atoms with Crippen molar-refractivity contribution >= 4 is 17.7 Å². The van der Waals surface area contributed by atoms with Crippen molar-refractivity contribution in [3.63, 3.8) is 0 Å². The minimum absolute atomic E-state index is 0.0490. The van der Waals surface area contributed by atoms with Crippen molar-refractivity contribution in [2.24, 2.45) is 0 Å². The number of carbonyl (C=O) groups is 1. The summed E-state index contributed by atoms with van der Waals surface area (Å²) in [5, 5.41) is 11.0. The van der Waals surface area contributed by atoms with Gasteiger partial charge in [0.2, 0.25) is 0 Å². The highest BCUT2D eigenvalue weighted by Crippen LogP contribution is 2.19. The molecule has 0 heterocycles. The molecule has 0 fully saturated rings. The predicted molar refractivity (Wildman–Crippen MR) is 133 cm³/mol. The van der Waals surface area contributed by atoms with Gasteiger partial charge in [-0.1, -0.05) is 109 Å². The van der Waals surface area contributed by atoms with Crippen LogP contribution < -0.4 is 0 Å². The highest BCUT2D eigenvalue weighted by atomic mass is 16.6. The first-order valence-corrected chi connectivity index (χ1v) is 12.7. The molecule has 5 heteroatoms. The Labute approximate surface area is 194 Å². The Hall–Kier alpha value is -2.17. The van der Waals surface area contributed by atoms with E-state index in [0.29, 0.717) is 12.0 Å². The number of unbranched alkanes of at least 4 members (excludes halogenated alkanes) is 14. The van der Waals surface area contributed by atoms with Gasteiger partial charge in [-0.05, 0) is 24.6 Å². The highest BCUT2D eigenvalue weighted by molar-refractivity contribution is 5.69. The lowest BCUT2D eigenvalue weighted by Crippen LogP contribution is -2.04. The number of nitro groups is 1. The number of rotatable bonds is 20. The zero-order valence-corrected chi connectivity index (χ0v) is 20.1. The number of carbonyl (C=O) groups excluding carboxylic acids is 1. The van der Waals surface area contributed by atoms with Crippen molar-refractivity contribution in [3.05, 3.63) is 46.0 Å². The Kier molecular flexibility index (Phi) is 17.0. The number of nitro benzene ring substituents is 1. The van der Waals surface area contributed by atoms with Crippen molar-refractivity contribution in [2.45, 2.75) is 110 Å². The van der Waals surface area contributed by atoms with E-state index in [1.54, 1.807) is 30.4 Å². The summed E-state index contributed by atoms with van der Waals surface area (Å²) in [6, 6.07) is 6.51. The normalized spacial score (nSPS) is 11.2. The third-order valence-corrected chi connectivity index (χ3v) is 5.76. The number of hydrogen-bond donors (Lipinski definition) is 0. The lowest BCUT2D eigenvalue weighted by atomic mass is 10.0. The van der Waals surface area contributed by atoms with Crippen molar-refractivity contribution in [1.82, 2.24) is 0 Å². The molecule has 1 aromatic rings.